The zero-order valence-corrected chi connectivity index (χ0v) is 18.4. The monoisotopic (exact) mass is 443 g/mol. The lowest BCUT2D eigenvalue weighted by atomic mass is 9.77. The van der Waals surface area contributed by atoms with Crippen molar-refractivity contribution in [2.45, 2.75) is 31.4 Å². The van der Waals surface area contributed by atoms with E-state index in [1.807, 2.05) is 54.6 Å². The van der Waals surface area contributed by atoms with Crippen molar-refractivity contribution >= 4 is 22.6 Å². The molecule has 2 heterocycles. The molecule has 1 amide bonds. The minimum absolute atomic E-state index is 0.0878. The number of nitrogens with zero attached hydrogens (tertiary/aromatic N) is 3. The molecule has 0 atom stereocenters. The average Bonchev–Trinajstić information content (AvgIpc) is 3.13. The van der Waals surface area contributed by atoms with Crippen LogP contribution in [0, 0.1) is 0 Å². The van der Waals surface area contributed by atoms with Crippen LogP contribution in [0.1, 0.15) is 36.2 Å². The van der Waals surface area contributed by atoms with E-state index in [9.17, 15) is 9.90 Å². The summed E-state index contributed by atoms with van der Waals surface area (Å²) in [5, 5.41) is 15.6. The third-order valence-electron chi connectivity index (χ3n) is 6.23. The SMILES string of the molecule is COc1cc(-c2ccccc2)nc2cc(-c3nn([C@H]4C[C@@](C)(O)C4)c(N)c3C(N)=O)ccc12. The maximum Gasteiger partial charge on any atom is 0.254 e. The second-order valence-corrected chi connectivity index (χ2v) is 8.78. The molecule has 1 aliphatic carbocycles. The van der Waals surface area contributed by atoms with E-state index in [0.29, 0.717) is 35.4 Å². The molecule has 4 aromatic rings. The molecular weight excluding hydrogens is 418 g/mol. The average molecular weight is 444 g/mol. The summed E-state index contributed by atoms with van der Waals surface area (Å²) in [6.45, 7) is 1.77. The van der Waals surface area contributed by atoms with Gasteiger partial charge in [-0.05, 0) is 31.9 Å². The molecule has 2 aromatic carbocycles. The van der Waals surface area contributed by atoms with Gasteiger partial charge in [-0.1, -0.05) is 36.4 Å². The number of carbonyl (C=O) groups excluding carboxylic acids is 1. The Kier molecular flexibility index (Phi) is 4.83. The molecule has 0 radical (unpaired) electrons. The van der Waals surface area contributed by atoms with Crippen molar-refractivity contribution in [3.63, 3.8) is 0 Å². The van der Waals surface area contributed by atoms with Crippen LogP contribution in [0.3, 0.4) is 0 Å². The highest BCUT2D eigenvalue weighted by atomic mass is 16.5. The van der Waals surface area contributed by atoms with Gasteiger partial charge in [0.05, 0.1) is 30.0 Å². The number of benzene rings is 2. The standard InChI is InChI=1S/C25H25N5O3/c1-25(32)12-16(13-25)30-23(26)21(24(27)31)22(29-30)15-8-9-17-19(10-15)28-18(11-20(17)33-2)14-6-4-3-5-7-14/h3-11,16,32H,12-13,26H2,1-2H3,(H2,27,31)/t16-,25+. The molecular formula is C25H25N5O3. The fourth-order valence-electron chi connectivity index (χ4n) is 4.57. The summed E-state index contributed by atoms with van der Waals surface area (Å²) in [6.07, 6.45) is 1.01. The first-order valence-corrected chi connectivity index (χ1v) is 10.7. The van der Waals surface area contributed by atoms with E-state index in [1.54, 1.807) is 18.7 Å². The molecule has 0 spiro atoms. The minimum Gasteiger partial charge on any atom is -0.496 e. The summed E-state index contributed by atoms with van der Waals surface area (Å²) in [7, 11) is 1.62. The van der Waals surface area contributed by atoms with Crippen LogP contribution in [0.4, 0.5) is 5.82 Å². The Balaban J connectivity index is 1.65. The summed E-state index contributed by atoms with van der Waals surface area (Å²) in [4.78, 5) is 17.1. The van der Waals surface area contributed by atoms with Crippen molar-refractivity contribution in [3.05, 3.63) is 60.2 Å². The number of aromatic nitrogens is 3. The molecule has 2 aromatic heterocycles. The maximum absolute atomic E-state index is 12.3. The van der Waals surface area contributed by atoms with E-state index in [1.165, 1.54) is 0 Å². The van der Waals surface area contributed by atoms with Crippen LogP contribution >= 0.6 is 0 Å². The van der Waals surface area contributed by atoms with Gasteiger partial charge < -0.3 is 21.3 Å². The molecule has 0 unspecified atom stereocenters. The first-order valence-electron chi connectivity index (χ1n) is 10.7. The van der Waals surface area contributed by atoms with Crippen LogP contribution in [-0.4, -0.2) is 38.5 Å². The Morgan fingerprint density at radius 1 is 1.15 bits per heavy atom. The second kappa shape index (κ2) is 7.60. The lowest BCUT2D eigenvalue weighted by Crippen LogP contribution is -2.42. The molecule has 1 aliphatic rings. The number of nitrogens with two attached hydrogens (primary N) is 2. The lowest BCUT2D eigenvalue weighted by Gasteiger charge is -2.41. The van der Waals surface area contributed by atoms with Crippen molar-refractivity contribution in [3.8, 4) is 28.3 Å². The maximum atomic E-state index is 12.3. The van der Waals surface area contributed by atoms with Crippen LogP contribution in [-0.2, 0) is 0 Å². The van der Waals surface area contributed by atoms with Crippen molar-refractivity contribution in [2.24, 2.45) is 5.73 Å². The van der Waals surface area contributed by atoms with Gasteiger partial charge in [0, 0.05) is 22.6 Å². The molecule has 33 heavy (non-hydrogen) atoms. The van der Waals surface area contributed by atoms with Crippen LogP contribution in [0.2, 0.25) is 0 Å². The highest BCUT2D eigenvalue weighted by Crippen LogP contribution is 2.43. The van der Waals surface area contributed by atoms with E-state index in [-0.39, 0.29) is 17.4 Å². The topological polar surface area (TPSA) is 129 Å². The zero-order valence-electron chi connectivity index (χ0n) is 18.4. The summed E-state index contributed by atoms with van der Waals surface area (Å²) in [5.74, 6) is 0.257. The largest absolute Gasteiger partial charge is 0.496 e. The fourth-order valence-corrected chi connectivity index (χ4v) is 4.57. The number of methoxy groups -OCH3 is 1. The summed E-state index contributed by atoms with van der Waals surface area (Å²) < 4.78 is 7.22. The first-order chi connectivity index (χ1) is 15.8. The number of rotatable bonds is 5. The summed E-state index contributed by atoms with van der Waals surface area (Å²) in [6, 6.07) is 17.2. The van der Waals surface area contributed by atoms with Gasteiger partial charge in [-0.25, -0.2) is 9.67 Å². The van der Waals surface area contributed by atoms with Gasteiger partial charge in [-0.3, -0.25) is 4.79 Å². The van der Waals surface area contributed by atoms with Crippen molar-refractivity contribution in [1.82, 2.24) is 14.8 Å². The van der Waals surface area contributed by atoms with Crippen LogP contribution in [0.15, 0.2) is 54.6 Å². The number of aliphatic hydroxyl groups is 1. The van der Waals surface area contributed by atoms with E-state index >= 15 is 0 Å². The predicted octanol–water partition coefficient (Wildman–Crippen LogP) is 3.54. The highest BCUT2D eigenvalue weighted by molar-refractivity contribution is 6.04. The lowest BCUT2D eigenvalue weighted by molar-refractivity contribution is -0.0535. The fraction of sp³-hybridized carbons (Fsp3) is 0.240. The molecule has 0 aliphatic heterocycles. The van der Waals surface area contributed by atoms with Crippen molar-refractivity contribution in [2.75, 3.05) is 12.8 Å². The number of primary amides is 1. The van der Waals surface area contributed by atoms with Gasteiger partial charge in [-0.2, -0.15) is 5.10 Å². The summed E-state index contributed by atoms with van der Waals surface area (Å²) >= 11 is 0. The molecule has 1 fully saturated rings. The van der Waals surface area contributed by atoms with Crippen LogP contribution in [0.5, 0.6) is 5.75 Å². The third-order valence-corrected chi connectivity index (χ3v) is 6.23. The van der Waals surface area contributed by atoms with Gasteiger partial charge in [0.1, 0.15) is 22.8 Å². The number of hydrogen-bond donors (Lipinski definition) is 3. The van der Waals surface area contributed by atoms with Gasteiger partial charge in [-0.15, -0.1) is 0 Å². The van der Waals surface area contributed by atoms with Gasteiger partial charge in [0.25, 0.3) is 5.91 Å². The van der Waals surface area contributed by atoms with Gasteiger partial charge >= 0.3 is 0 Å². The Bertz CT molecular complexity index is 1370. The molecule has 5 rings (SSSR count). The molecule has 168 valence electrons. The Morgan fingerprint density at radius 2 is 1.88 bits per heavy atom. The number of nitrogen functional groups attached to an aromatic ring is 1. The molecule has 1 saturated carbocycles. The Hall–Kier alpha value is -3.91. The molecule has 8 nitrogen and oxygen atoms in total. The number of anilines is 1. The minimum atomic E-state index is -0.757. The molecule has 0 saturated heterocycles. The van der Waals surface area contributed by atoms with Gasteiger partial charge in [0.2, 0.25) is 0 Å². The van der Waals surface area contributed by atoms with E-state index in [0.717, 1.165) is 16.6 Å². The number of amides is 1. The first kappa shape index (κ1) is 21.0. The smallest absolute Gasteiger partial charge is 0.254 e. The predicted molar refractivity (Wildman–Crippen MR) is 127 cm³/mol. The second-order valence-electron chi connectivity index (χ2n) is 8.78. The number of ether oxygens (including phenoxy) is 1. The zero-order chi connectivity index (χ0) is 23.3. The normalized spacial score (nSPS) is 19.9. The van der Waals surface area contributed by atoms with Crippen LogP contribution in [0.25, 0.3) is 33.4 Å². The van der Waals surface area contributed by atoms with E-state index in [2.05, 4.69) is 5.10 Å². The van der Waals surface area contributed by atoms with Crippen molar-refractivity contribution < 1.29 is 14.6 Å². The third kappa shape index (κ3) is 3.58. The van der Waals surface area contributed by atoms with Gasteiger partial charge in [0.15, 0.2) is 0 Å². The highest BCUT2D eigenvalue weighted by Gasteiger charge is 2.41. The Morgan fingerprint density at radius 3 is 2.52 bits per heavy atom. The quantitative estimate of drug-likeness (QED) is 0.433. The van der Waals surface area contributed by atoms with E-state index < -0.39 is 11.5 Å². The number of hydrogen-bond acceptors (Lipinski definition) is 6. The van der Waals surface area contributed by atoms with Crippen LogP contribution < -0.4 is 16.2 Å². The molecule has 8 heteroatoms. The Labute approximate surface area is 190 Å². The molecule has 0 bridgehead atoms. The summed E-state index contributed by atoms with van der Waals surface area (Å²) in [5.41, 5.74) is 14.9. The number of pyridine rings is 1. The number of carbonyl (C=O) groups is 1. The van der Waals surface area contributed by atoms with E-state index in [4.69, 9.17) is 21.2 Å². The molecule has 5 N–H and O–H groups in total. The van der Waals surface area contributed by atoms with Crippen molar-refractivity contribution in [1.29, 1.82) is 0 Å². The number of fused-ring (bicyclic) bond motifs is 1.